The van der Waals surface area contributed by atoms with Crippen LogP contribution < -0.4 is 11.1 Å². The second kappa shape index (κ2) is 4.03. The fraction of sp³-hybridized carbons (Fsp3) is 0.417. The van der Waals surface area contributed by atoms with Gasteiger partial charge in [-0.15, -0.1) is 0 Å². The van der Waals surface area contributed by atoms with Crippen LogP contribution in [0.15, 0.2) is 24.3 Å². The van der Waals surface area contributed by atoms with Gasteiger partial charge in [-0.2, -0.15) is 0 Å². The molecule has 15 heavy (non-hydrogen) atoms. The van der Waals surface area contributed by atoms with E-state index in [0.717, 1.165) is 11.3 Å². The van der Waals surface area contributed by atoms with Gasteiger partial charge in [-0.05, 0) is 36.5 Å². The summed E-state index contributed by atoms with van der Waals surface area (Å²) in [5, 5.41) is 2.74. The predicted molar refractivity (Wildman–Crippen MR) is 60.4 cm³/mol. The van der Waals surface area contributed by atoms with Gasteiger partial charge in [-0.1, -0.05) is 12.1 Å². The molecule has 0 aromatic heterocycles. The van der Waals surface area contributed by atoms with E-state index in [9.17, 15) is 4.79 Å². The Hall–Kier alpha value is -1.35. The lowest BCUT2D eigenvalue weighted by Gasteiger charge is -2.11. The Labute approximate surface area is 89.7 Å². The first kappa shape index (κ1) is 10.2. The summed E-state index contributed by atoms with van der Waals surface area (Å²) in [6, 6.07) is 7.96. The summed E-state index contributed by atoms with van der Waals surface area (Å²) in [6.07, 6.45) is 2.49. The van der Waals surface area contributed by atoms with E-state index < -0.39 is 0 Å². The second-order valence-electron chi connectivity index (χ2n) is 4.17. The van der Waals surface area contributed by atoms with Crippen molar-refractivity contribution in [3.05, 3.63) is 29.8 Å². The van der Waals surface area contributed by atoms with Crippen LogP contribution in [0.2, 0.25) is 0 Å². The largest absolute Gasteiger partial charge is 0.326 e. The smallest absolute Gasteiger partial charge is 0.221 e. The number of hydrogen-bond acceptors (Lipinski definition) is 2. The van der Waals surface area contributed by atoms with E-state index in [2.05, 4.69) is 5.32 Å². The van der Waals surface area contributed by atoms with Crippen molar-refractivity contribution in [1.82, 2.24) is 0 Å². The summed E-state index contributed by atoms with van der Waals surface area (Å²) >= 11 is 0. The Bertz CT molecular complexity index is 354. The summed E-state index contributed by atoms with van der Waals surface area (Å²) < 4.78 is 0. The van der Waals surface area contributed by atoms with Gasteiger partial charge in [-0.25, -0.2) is 0 Å². The average molecular weight is 204 g/mol. The minimum atomic E-state index is -0.0470. The predicted octanol–water partition coefficient (Wildman–Crippen LogP) is 2.05. The monoisotopic (exact) mass is 204 g/mol. The molecule has 0 unspecified atom stereocenters. The van der Waals surface area contributed by atoms with Crippen molar-refractivity contribution in [3.8, 4) is 0 Å². The third kappa shape index (κ3) is 2.57. The quantitative estimate of drug-likeness (QED) is 0.791. The van der Waals surface area contributed by atoms with Crippen LogP contribution >= 0.6 is 0 Å². The Kier molecular flexibility index (Phi) is 2.73. The van der Waals surface area contributed by atoms with E-state index in [0.29, 0.717) is 5.92 Å². The molecule has 3 nitrogen and oxygen atoms in total. The van der Waals surface area contributed by atoms with Crippen LogP contribution in [0.4, 0.5) is 5.69 Å². The molecule has 2 rings (SSSR count). The number of rotatable bonds is 3. The van der Waals surface area contributed by atoms with E-state index in [1.54, 1.807) is 0 Å². The molecule has 1 aromatic rings. The molecule has 80 valence electrons. The summed E-state index contributed by atoms with van der Waals surface area (Å²) in [7, 11) is 0. The van der Waals surface area contributed by atoms with E-state index >= 15 is 0 Å². The summed E-state index contributed by atoms with van der Waals surface area (Å²) in [5.74, 6) is 0.617. The fourth-order valence-corrected chi connectivity index (χ4v) is 1.72. The number of nitrogens with one attached hydrogen (secondary N) is 1. The first-order valence-electron chi connectivity index (χ1n) is 5.30. The van der Waals surface area contributed by atoms with Gasteiger partial charge in [0.25, 0.3) is 0 Å². The van der Waals surface area contributed by atoms with Crippen molar-refractivity contribution in [1.29, 1.82) is 0 Å². The number of amides is 1. The molecule has 0 heterocycles. The maximum atomic E-state index is 10.8. The Morgan fingerprint density at radius 3 is 2.47 bits per heavy atom. The molecule has 1 aliphatic carbocycles. The van der Waals surface area contributed by atoms with Gasteiger partial charge in [0, 0.05) is 18.7 Å². The van der Waals surface area contributed by atoms with Crippen molar-refractivity contribution >= 4 is 11.6 Å². The zero-order chi connectivity index (χ0) is 10.8. The third-order valence-electron chi connectivity index (χ3n) is 2.75. The van der Waals surface area contributed by atoms with E-state index in [1.807, 2.05) is 24.3 Å². The molecule has 3 heteroatoms. The molecular weight excluding hydrogens is 188 g/mol. The Balaban J connectivity index is 2.05. The lowest BCUT2D eigenvalue weighted by molar-refractivity contribution is -0.114. The zero-order valence-electron chi connectivity index (χ0n) is 8.86. The summed E-state index contributed by atoms with van der Waals surface area (Å²) in [5.41, 5.74) is 8.05. The topological polar surface area (TPSA) is 55.1 Å². The highest BCUT2D eigenvalue weighted by Gasteiger charge is 2.29. The van der Waals surface area contributed by atoms with Crippen LogP contribution in [0, 0.1) is 5.92 Å². The number of anilines is 1. The van der Waals surface area contributed by atoms with Gasteiger partial charge in [0.05, 0.1) is 0 Å². The molecule has 0 bridgehead atoms. The average Bonchev–Trinajstić information content (AvgIpc) is 3.00. The van der Waals surface area contributed by atoms with Crippen molar-refractivity contribution in [3.63, 3.8) is 0 Å². The highest BCUT2D eigenvalue weighted by molar-refractivity contribution is 5.88. The summed E-state index contributed by atoms with van der Waals surface area (Å²) in [4.78, 5) is 10.8. The van der Waals surface area contributed by atoms with Crippen LogP contribution in [0.5, 0.6) is 0 Å². The van der Waals surface area contributed by atoms with E-state index in [-0.39, 0.29) is 11.9 Å². The van der Waals surface area contributed by atoms with Gasteiger partial charge < -0.3 is 11.1 Å². The first-order valence-corrected chi connectivity index (χ1v) is 5.30. The molecule has 1 aromatic carbocycles. The van der Waals surface area contributed by atoms with Gasteiger partial charge in [0.1, 0.15) is 0 Å². The fourth-order valence-electron chi connectivity index (χ4n) is 1.72. The van der Waals surface area contributed by atoms with Crippen LogP contribution in [0.1, 0.15) is 31.4 Å². The Morgan fingerprint density at radius 2 is 2.00 bits per heavy atom. The van der Waals surface area contributed by atoms with E-state index in [1.165, 1.54) is 19.8 Å². The number of benzene rings is 1. The Morgan fingerprint density at radius 1 is 1.40 bits per heavy atom. The van der Waals surface area contributed by atoms with Gasteiger partial charge in [0.15, 0.2) is 0 Å². The summed E-state index contributed by atoms with van der Waals surface area (Å²) in [6.45, 7) is 1.50. The standard InChI is InChI=1S/C12H16N2O/c1-8(15)14-11-6-4-10(5-7-11)12(13)9-2-3-9/h4-7,9,12H,2-3,13H2,1H3,(H,14,15)/t12-/m0/s1. The molecule has 1 atom stereocenters. The van der Waals surface area contributed by atoms with Gasteiger partial charge >= 0.3 is 0 Å². The van der Waals surface area contributed by atoms with Crippen LogP contribution in [-0.2, 0) is 4.79 Å². The number of carbonyl (C=O) groups is 1. The van der Waals surface area contributed by atoms with Crippen molar-refractivity contribution in [2.24, 2.45) is 11.7 Å². The molecular formula is C12H16N2O. The molecule has 0 saturated heterocycles. The molecule has 1 amide bonds. The van der Waals surface area contributed by atoms with Gasteiger partial charge in [0.2, 0.25) is 5.91 Å². The molecule has 0 aliphatic heterocycles. The minimum absolute atomic E-state index is 0.0470. The van der Waals surface area contributed by atoms with Crippen LogP contribution in [0.3, 0.4) is 0 Å². The van der Waals surface area contributed by atoms with E-state index in [4.69, 9.17) is 5.73 Å². The molecule has 3 N–H and O–H groups in total. The lowest BCUT2D eigenvalue weighted by Crippen LogP contribution is -2.12. The third-order valence-corrected chi connectivity index (χ3v) is 2.75. The molecule has 0 spiro atoms. The molecule has 1 aliphatic rings. The first-order chi connectivity index (χ1) is 7.16. The van der Waals surface area contributed by atoms with Crippen molar-refractivity contribution in [2.75, 3.05) is 5.32 Å². The van der Waals surface area contributed by atoms with Gasteiger partial charge in [-0.3, -0.25) is 4.79 Å². The normalized spacial score (nSPS) is 17.2. The van der Waals surface area contributed by atoms with Crippen LogP contribution in [0.25, 0.3) is 0 Å². The molecule has 1 fully saturated rings. The van der Waals surface area contributed by atoms with Crippen molar-refractivity contribution < 1.29 is 4.79 Å². The SMILES string of the molecule is CC(=O)Nc1ccc([C@@H](N)C2CC2)cc1. The molecule has 0 radical (unpaired) electrons. The lowest BCUT2D eigenvalue weighted by atomic mass is 10.0. The van der Waals surface area contributed by atoms with Crippen LogP contribution in [-0.4, -0.2) is 5.91 Å². The number of nitrogens with two attached hydrogens (primary N) is 1. The maximum Gasteiger partial charge on any atom is 0.221 e. The highest BCUT2D eigenvalue weighted by atomic mass is 16.1. The second-order valence-corrected chi connectivity index (χ2v) is 4.17. The number of carbonyl (C=O) groups excluding carboxylic acids is 1. The zero-order valence-corrected chi connectivity index (χ0v) is 8.86. The highest BCUT2D eigenvalue weighted by Crippen LogP contribution is 2.39. The number of hydrogen-bond donors (Lipinski definition) is 2. The molecule has 1 saturated carbocycles. The van der Waals surface area contributed by atoms with Crippen molar-refractivity contribution in [2.45, 2.75) is 25.8 Å². The maximum absolute atomic E-state index is 10.8. The minimum Gasteiger partial charge on any atom is -0.326 e.